The highest BCUT2D eigenvalue weighted by molar-refractivity contribution is 5.95. The van der Waals surface area contributed by atoms with E-state index >= 15 is 0 Å². The fourth-order valence-corrected chi connectivity index (χ4v) is 4.68. The number of piperazine rings is 1. The summed E-state index contributed by atoms with van der Waals surface area (Å²) in [7, 11) is 0. The lowest BCUT2D eigenvalue weighted by Gasteiger charge is -2.35. The number of hydrogen-bond acceptors (Lipinski definition) is 6. The van der Waals surface area contributed by atoms with Crippen molar-refractivity contribution in [2.24, 2.45) is 4.99 Å². The van der Waals surface area contributed by atoms with Crippen molar-refractivity contribution in [2.45, 2.75) is 25.3 Å². The van der Waals surface area contributed by atoms with E-state index in [1.807, 2.05) is 42.6 Å². The molecule has 2 fully saturated rings. The van der Waals surface area contributed by atoms with E-state index in [2.05, 4.69) is 74.7 Å². The topological polar surface area (TPSA) is 72.0 Å². The third-order valence-electron chi connectivity index (χ3n) is 6.86. The Kier molecular flexibility index (Phi) is 9.54. The smallest absolute Gasteiger partial charge is 0.241 e. The van der Waals surface area contributed by atoms with Gasteiger partial charge in [-0.05, 0) is 85.6 Å². The first kappa shape index (κ1) is 26.9. The van der Waals surface area contributed by atoms with Gasteiger partial charge in [0.15, 0.2) is 0 Å². The van der Waals surface area contributed by atoms with Crippen LogP contribution in [0.1, 0.15) is 24.8 Å². The maximum Gasteiger partial charge on any atom is 0.241 e. The molecular weight excluding hydrogens is 472 g/mol. The number of aliphatic imine (C=N–C) groups is 1. The summed E-state index contributed by atoms with van der Waals surface area (Å²) in [6, 6.07) is 16.1. The molecule has 198 valence electrons. The monoisotopic (exact) mass is 510 g/mol. The van der Waals surface area contributed by atoms with Crippen molar-refractivity contribution in [3.63, 3.8) is 0 Å². The van der Waals surface area contributed by atoms with Gasteiger partial charge in [-0.1, -0.05) is 31.4 Å². The Morgan fingerprint density at radius 1 is 1.00 bits per heavy atom. The summed E-state index contributed by atoms with van der Waals surface area (Å²) < 4.78 is 0. The van der Waals surface area contributed by atoms with Gasteiger partial charge in [0.05, 0.1) is 6.04 Å². The van der Waals surface area contributed by atoms with Crippen molar-refractivity contribution in [2.75, 3.05) is 48.3 Å². The molecule has 2 heterocycles. The van der Waals surface area contributed by atoms with Gasteiger partial charge in [-0.2, -0.15) is 0 Å². The van der Waals surface area contributed by atoms with Crippen molar-refractivity contribution in [3.05, 3.63) is 98.0 Å². The molecule has 3 N–H and O–H groups in total. The molecule has 0 unspecified atom stereocenters. The van der Waals surface area contributed by atoms with Gasteiger partial charge in [-0.15, -0.1) is 6.58 Å². The van der Waals surface area contributed by atoms with Crippen molar-refractivity contribution in [1.29, 1.82) is 0 Å². The van der Waals surface area contributed by atoms with Gasteiger partial charge >= 0.3 is 0 Å². The molecule has 0 aromatic heterocycles. The summed E-state index contributed by atoms with van der Waals surface area (Å²) in [4.78, 5) is 21.4. The molecule has 2 aromatic rings. The zero-order valence-corrected chi connectivity index (χ0v) is 22.0. The van der Waals surface area contributed by atoms with E-state index in [-0.39, 0.29) is 11.9 Å². The first-order valence-electron chi connectivity index (χ1n) is 13.2. The average Bonchev–Trinajstić information content (AvgIpc) is 3.49. The third kappa shape index (κ3) is 7.46. The number of hydrogen-bond donors (Lipinski definition) is 3. The summed E-state index contributed by atoms with van der Waals surface area (Å²) >= 11 is 0. The first-order chi connectivity index (χ1) is 18.6. The molecule has 2 aromatic carbocycles. The number of anilines is 3. The van der Waals surface area contributed by atoms with Gasteiger partial charge in [0, 0.05) is 49.5 Å². The van der Waals surface area contributed by atoms with Crippen molar-refractivity contribution in [1.82, 2.24) is 10.2 Å². The largest absolute Gasteiger partial charge is 0.374 e. The Morgan fingerprint density at radius 3 is 2.32 bits per heavy atom. The van der Waals surface area contributed by atoms with E-state index in [0.717, 1.165) is 68.1 Å². The van der Waals surface area contributed by atoms with E-state index in [9.17, 15) is 4.79 Å². The molecule has 38 heavy (non-hydrogen) atoms. The molecule has 2 saturated heterocycles. The van der Waals surface area contributed by atoms with Gasteiger partial charge in [-0.25, -0.2) is 4.99 Å². The molecule has 0 aliphatic carbocycles. The lowest BCUT2D eigenvalue weighted by Crippen LogP contribution is -2.43. The van der Waals surface area contributed by atoms with Gasteiger partial charge in [0.25, 0.3) is 0 Å². The molecule has 1 amide bonds. The minimum atomic E-state index is -0.0969. The number of nitrogens with zero attached hydrogens (tertiary/aromatic N) is 3. The second kappa shape index (κ2) is 13.4. The zero-order chi connectivity index (χ0) is 26.7. The van der Waals surface area contributed by atoms with Crippen LogP contribution in [-0.2, 0) is 4.79 Å². The summed E-state index contributed by atoms with van der Waals surface area (Å²) in [6.45, 7) is 16.7. The number of carbonyl (C=O) groups excluding carboxylic acids is 1. The zero-order valence-electron chi connectivity index (χ0n) is 22.0. The quantitative estimate of drug-likeness (QED) is 0.284. The fraction of sp³-hybridized carbons (Fsp3) is 0.290. The highest BCUT2D eigenvalue weighted by Gasteiger charge is 2.21. The Bertz CT molecular complexity index is 1170. The SMILES string of the molecule is C=CC/C(=C\C=N/C(=C)Nc1ccc(N2CCN(C=C)CC2)cc1)c1ccc(NC(=O)[C@H]2CCCN2)cc1. The molecule has 0 radical (unpaired) electrons. The van der Waals surface area contributed by atoms with Crippen molar-refractivity contribution < 1.29 is 4.79 Å². The number of allylic oxidation sites excluding steroid dienone is 3. The number of amides is 1. The standard InChI is InChI=1S/C31H38N6O/c1-4-7-25(26-9-11-28(12-10-26)35-31(38)30-8-6-18-33-30)17-19-32-24(3)34-27-13-15-29(16-14-27)37-22-20-36(5-2)21-23-37/h4-5,9-17,19,30,33-34H,1-3,6-8,18,20-23H2,(H,35,38)/b25-17+,32-19-/t30-/m1/s1. The highest BCUT2D eigenvalue weighted by atomic mass is 16.2. The summed E-state index contributed by atoms with van der Waals surface area (Å²) in [5, 5.41) is 9.47. The van der Waals surface area contributed by atoms with Crippen LogP contribution in [0, 0.1) is 0 Å². The van der Waals surface area contributed by atoms with Crippen LogP contribution in [0.4, 0.5) is 17.1 Å². The second-order valence-electron chi connectivity index (χ2n) is 9.50. The van der Waals surface area contributed by atoms with Crippen molar-refractivity contribution in [3.8, 4) is 0 Å². The van der Waals surface area contributed by atoms with Gasteiger partial charge in [-0.3, -0.25) is 4.79 Å². The fourth-order valence-electron chi connectivity index (χ4n) is 4.68. The Hall–Kier alpha value is -4.10. The van der Waals surface area contributed by atoms with Crippen LogP contribution in [0.25, 0.3) is 5.57 Å². The summed E-state index contributed by atoms with van der Waals surface area (Å²) in [5.41, 5.74) is 5.08. The maximum atomic E-state index is 12.3. The molecule has 0 spiro atoms. The molecule has 2 aliphatic rings. The van der Waals surface area contributed by atoms with Crippen LogP contribution < -0.4 is 20.9 Å². The van der Waals surface area contributed by atoms with Gasteiger partial charge in [0.2, 0.25) is 5.91 Å². The maximum absolute atomic E-state index is 12.3. The minimum Gasteiger partial charge on any atom is -0.374 e. The normalized spacial score (nSPS) is 17.9. The Balaban J connectivity index is 1.31. The lowest BCUT2D eigenvalue weighted by molar-refractivity contribution is -0.117. The molecule has 1 atom stereocenters. The molecule has 2 aliphatic heterocycles. The second-order valence-corrected chi connectivity index (χ2v) is 9.50. The number of carbonyl (C=O) groups is 1. The molecular formula is C31H38N6O. The average molecular weight is 511 g/mol. The Morgan fingerprint density at radius 2 is 1.68 bits per heavy atom. The molecule has 7 nitrogen and oxygen atoms in total. The lowest BCUT2D eigenvalue weighted by atomic mass is 10.0. The van der Waals surface area contributed by atoms with Gasteiger partial charge in [0.1, 0.15) is 5.82 Å². The van der Waals surface area contributed by atoms with Crippen molar-refractivity contribution >= 4 is 34.8 Å². The van der Waals surface area contributed by atoms with Crippen LogP contribution in [0.3, 0.4) is 0 Å². The molecule has 0 bridgehead atoms. The minimum absolute atomic E-state index is 0.0243. The molecule has 0 saturated carbocycles. The van der Waals surface area contributed by atoms with Crippen LogP contribution in [0.5, 0.6) is 0 Å². The van der Waals surface area contributed by atoms with E-state index in [1.54, 1.807) is 6.21 Å². The predicted molar refractivity (Wildman–Crippen MR) is 161 cm³/mol. The Labute approximate surface area is 226 Å². The van der Waals surface area contributed by atoms with Crippen LogP contribution in [0.2, 0.25) is 0 Å². The third-order valence-corrected chi connectivity index (χ3v) is 6.86. The van der Waals surface area contributed by atoms with E-state index in [4.69, 9.17) is 0 Å². The number of benzene rings is 2. The van der Waals surface area contributed by atoms with Crippen LogP contribution >= 0.6 is 0 Å². The van der Waals surface area contributed by atoms with E-state index < -0.39 is 0 Å². The number of nitrogens with one attached hydrogen (secondary N) is 3. The van der Waals surface area contributed by atoms with E-state index in [0.29, 0.717) is 12.2 Å². The summed E-state index contributed by atoms with van der Waals surface area (Å²) in [5.74, 6) is 0.585. The van der Waals surface area contributed by atoms with Gasteiger partial charge < -0.3 is 25.8 Å². The van der Waals surface area contributed by atoms with Crippen LogP contribution in [0.15, 0.2) is 97.4 Å². The molecule has 4 rings (SSSR count). The molecule has 7 heteroatoms. The summed E-state index contributed by atoms with van der Waals surface area (Å²) in [6.07, 6.45) is 10.1. The predicted octanol–water partition coefficient (Wildman–Crippen LogP) is 5.26. The van der Waals surface area contributed by atoms with Crippen LogP contribution in [-0.4, -0.2) is 55.8 Å². The highest BCUT2D eigenvalue weighted by Crippen LogP contribution is 2.22. The first-order valence-corrected chi connectivity index (χ1v) is 13.2. The van der Waals surface area contributed by atoms with E-state index in [1.165, 1.54) is 5.69 Å². The number of rotatable bonds is 11.